The molecule has 1 aromatic heterocycles. The van der Waals surface area contributed by atoms with Crippen molar-refractivity contribution in [3.05, 3.63) is 71.8 Å². The molecule has 0 amide bonds. The van der Waals surface area contributed by atoms with Gasteiger partial charge >= 0.3 is 0 Å². The van der Waals surface area contributed by atoms with Crippen LogP contribution in [0.1, 0.15) is 15.9 Å². The van der Waals surface area contributed by atoms with Crippen LogP contribution in [0.3, 0.4) is 0 Å². The largest absolute Gasteiger partial charge is 0.456 e. The first-order chi connectivity index (χ1) is 10.3. The highest BCUT2D eigenvalue weighted by Crippen LogP contribution is 2.41. The van der Waals surface area contributed by atoms with E-state index in [9.17, 15) is 4.79 Å². The second-order valence-corrected chi connectivity index (χ2v) is 5.37. The van der Waals surface area contributed by atoms with E-state index in [1.165, 1.54) is 0 Å². The highest BCUT2D eigenvalue weighted by molar-refractivity contribution is 6.24. The molecule has 3 aromatic carbocycles. The number of carbonyl (C=O) groups excluding carboxylic acids is 1. The van der Waals surface area contributed by atoms with Gasteiger partial charge in [-0.15, -0.1) is 0 Å². The minimum atomic E-state index is 0.104. The molecule has 21 heavy (non-hydrogen) atoms. The van der Waals surface area contributed by atoms with Gasteiger partial charge in [0.05, 0.1) is 0 Å². The van der Waals surface area contributed by atoms with Gasteiger partial charge in [0.25, 0.3) is 0 Å². The fourth-order valence-electron chi connectivity index (χ4n) is 3.24. The Morgan fingerprint density at radius 3 is 2.29 bits per heavy atom. The van der Waals surface area contributed by atoms with Crippen molar-refractivity contribution < 1.29 is 9.21 Å². The fourth-order valence-corrected chi connectivity index (χ4v) is 3.24. The molecule has 1 heterocycles. The second-order valence-electron chi connectivity index (χ2n) is 5.37. The fraction of sp³-hybridized carbons (Fsp3) is 0. The summed E-state index contributed by atoms with van der Waals surface area (Å²) in [5.41, 5.74) is 5.22. The number of rotatable bonds is 0. The summed E-state index contributed by atoms with van der Waals surface area (Å²) >= 11 is 0. The molecule has 5 rings (SSSR count). The quantitative estimate of drug-likeness (QED) is 0.404. The molecule has 0 radical (unpaired) electrons. The van der Waals surface area contributed by atoms with Crippen LogP contribution in [-0.4, -0.2) is 5.78 Å². The first-order valence-corrected chi connectivity index (χ1v) is 6.92. The molecule has 1 aliphatic carbocycles. The van der Waals surface area contributed by atoms with Gasteiger partial charge in [-0.1, -0.05) is 42.5 Å². The number of hydrogen-bond donors (Lipinski definition) is 0. The van der Waals surface area contributed by atoms with Crippen molar-refractivity contribution in [2.24, 2.45) is 0 Å². The van der Waals surface area contributed by atoms with Gasteiger partial charge in [0, 0.05) is 21.9 Å². The summed E-state index contributed by atoms with van der Waals surface area (Å²) in [6.45, 7) is 0. The van der Waals surface area contributed by atoms with Crippen molar-refractivity contribution in [3.8, 4) is 11.1 Å². The Kier molecular flexibility index (Phi) is 1.87. The monoisotopic (exact) mass is 270 g/mol. The van der Waals surface area contributed by atoms with E-state index in [1.54, 1.807) is 0 Å². The lowest BCUT2D eigenvalue weighted by molar-refractivity contribution is 0.104. The van der Waals surface area contributed by atoms with Crippen LogP contribution in [0.4, 0.5) is 0 Å². The van der Waals surface area contributed by atoms with Crippen molar-refractivity contribution in [1.29, 1.82) is 0 Å². The molecule has 0 atom stereocenters. The van der Waals surface area contributed by atoms with Crippen molar-refractivity contribution in [3.63, 3.8) is 0 Å². The standard InChI is InChI=1S/C19H10O2/c20-19-13-7-2-1-5-11(13)14-10-18-15(9-16(14)19)12-6-3-4-8-17(12)21-18/h1-10H. The molecule has 98 valence electrons. The molecule has 0 spiro atoms. The van der Waals surface area contributed by atoms with Crippen molar-refractivity contribution in [2.45, 2.75) is 0 Å². The van der Waals surface area contributed by atoms with E-state index in [2.05, 4.69) is 0 Å². The van der Waals surface area contributed by atoms with E-state index in [4.69, 9.17) is 4.42 Å². The number of para-hydroxylation sites is 1. The molecule has 4 aromatic rings. The number of carbonyl (C=O) groups is 1. The molecular weight excluding hydrogens is 260 g/mol. The van der Waals surface area contributed by atoms with Crippen LogP contribution in [0.5, 0.6) is 0 Å². The minimum absolute atomic E-state index is 0.104. The zero-order chi connectivity index (χ0) is 14.0. The highest BCUT2D eigenvalue weighted by Gasteiger charge is 2.27. The average Bonchev–Trinajstić information content (AvgIpc) is 3.02. The van der Waals surface area contributed by atoms with E-state index in [1.807, 2.05) is 60.7 Å². The van der Waals surface area contributed by atoms with E-state index < -0.39 is 0 Å². The van der Waals surface area contributed by atoms with E-state index in [0.29, 0.717) is 0 Å². The molecule has 2 heteroatoms. The molecular formula is C19H10O2. The molecule has 2 nitrogen and oxygen atoms in total. The SMILES string of the molecule is O=C1c2ccccc2-c2cc3oc4ccccc4c3cc21. The van der Waals surface area contributed by atoms with E-state index >= 15 is 0 Å². The predicted molar refractivity (Wildman–Crippen MR) is 82.6 cm³/mol. The first-order valence-electron chi connectivity index (χ1n) is 6.92. The van der Waals surface area contributed by atoms with Crippen LogP contribution in [0.25, 0.3) is 33.1 Å². The number of fused-ring (bicyclic) bond motifs is 6. The number of benzene rings is 3. The zero-order valence-corrected chi connectivity index (χ0v) is 11.1. The van der Waals surface area contributed by atoms with Gasteiger partial charge in [-0.05, 0) is 29.3 Å². The highest BCUT2D eigenvalue weighted by atomic mass is 16.3. The van der Waals surface area contributed by atoms with Crippen molar-refractivity contribution >= 4 is 27.7 Å². The average molecular weight is 270 g/mol. The molecule has 0 unspecified atom stereocenters. The van der Waals surface area contributed by atoms with Gasteiger partial charge in [0.1, 0.15) is 11.2 Å². The molecule has 0 saturated carbocycles. The molecule has 1 aliphatic rings. The third-order valence-corrected chi connectivity index (χ3v) is 4.22. The smallest absolute Gasteiger partial charge is 0.194 e. The van der Waals surface area contributed by atoms with Crippen molar-refractivity contribution in [1.82, 2.24) is 0 Å². The Labute approximate surface area is 120 Å². The lowest BCUT2D eigenvalue weighted by Gasteiger charge is -1.99. The third kappa shape index (κ3) is 1.29. The Balaban J connectivity index is 1.94. The van der Waals surface area contributed by atoms with Gasteiger partial charge in [0.2, 0.25) is 0 Å². The maximum absolute atomic E-state index is 12.6. The van der Waals surface area contributed by atoms with Crippen LogP contribution >= 0.6 is 0 Å². The lowest BCUT2D eigenvalue weighted by Crippen LogP contribution is -1.94. The maximum atomic E-state index is 12.6. The molecule has 0 aliphatic heterocycles. The van der Waals surface area contributed by atoms with Gasteiger partial charge in [-0.25, -0.2) is 0 Å². The summed E-state index contributed by atoms with van der Waals surface area (Å²) in [7, 11) is 0. The van der Waals surface area contributed by atoms with Crippen molar-refractivity contribution in [2.75, 3.05) is 0 Å². The van der Waals surface area contributed by atoms with Crippen LogP contribution in [0, 0.1) is 0 Å². The second kappa shape index (κ2) is 3.61. The summed E-state index contributed by atoms with van der Waals surface area (Å²) in [6, 6.07) is 19.6. The normalized spacial score (nSPS) is 12.9. The Hall–Kier alpha value is -2.87. The van der Waals surface area contributed by atoms with Gasteiger partial charge in [0.15, 0.2) is 5.78 Å². The summed E-state index contributed by atoms with van der Waals surface area (Å²) in [5, 5.41) is 2.06. The predicted octanol–water partition coefficient (Wildman–Crippen LogP) is 4.80. The van der Waals surface area contributed by atoms with Crippen LogP contribution < -0.4 is 0 Å². The van der Waals surface area contributed by atoms with E-state index in [-0.39, 0.29) is 5.78 Å². The lowest BCUT2D eigenvalue weighted by atomic mass is 10.0. The Morgan fingerprint density at radius 2 is 1.38 bits per heavy atom. The van der Waals surface area contributed by atoms with Gasteiger partial charge in [-0.3, -0.25) is 4.79 Å². The minimum Gasteiger partial charge on any atom is -0.456 e. The number of ketones is 1. The molecule has 0 N–H and O–H groups in total. The number of hydrogen-bond acceptors (Lipinski definition) is 2. The molecule has 0 bridgehead atoms. The van der Waals surface area contributed by atoms with Gasteiger partial charge < -0.3 is 4.42 Å². The molecule has 0 fully saturated rings. The number of furan rings is 1. The van der Waals surface area contributed by atoms with Crippen LogP contribution in [0.15, 0.2) is 65.1 Å². The van der Waals surface area contributed by atoms with Gasteiger partial charge in [-0.2, -0.15) is 0 Å². The zero-order valence-electron chi connectivity index (χ0n) is 11.1. The maximum Gasteiger partial charge on any atom is 0.194 e. The summed E-state index contributed by atoms with van der Waals surface area (Å²) in [6.07, 6.45) is 0. The first kappa shape index (κ1) is 10.9. The van der Waals surface area contributed by atoms with Crippen LogP contribution in [0.2, 0.25) is 0 Å². The molecule has 0 saturated heterocycles. The Bertz CT molecular complexity index is 1050. The summed E-state index contributed by atoms with van der Waals surface area (Å²) in [5.74, 6) is 0.104. The van der Waals surface area contributed by atoms with E-state index in [0.717, 1.165) is 44.2 Å². The third-order valence-electron chi connectivity index (χ3n) is 4.22. The summed E-state index contributed by atoms with van der Waals surface area (Å²) in [4.78, 5) is 12.6. The summed E-state index contributed by atoms with van der Waals surface area (Å²) < 4.78 is 5.92. The van der Waals surface area contributed by atoms with Crippen LogP contribution in [-0.2, 0) is 0 Å². The Morgan fingerprint density at radius 1 is 0.619 bits per heavy atom. The topological polar surface area (TPSA) is 30.2 Å².